The zero-order valence-corrected chi connectivity index (χ0v) is 9.73. The lowest BCUT2D eigenvalue weighted by atomic mass is 10.2. The van der Waals surface area contributed by atoms with Crippen molar-refractivity contribution in [3.05, 3.63) is 42.2 Å². The van der Waals surface area contributed by atoms with Gasteiger partial charge in [-0.15, -0.1) is 0 Å². The van der Waals surface area contributed by atoms with Gasteiger partial charge in [-0.3, -0.25) is 14.9 Å². The lowest BCUT2D eigenvalue weighted by molar-refractivity contribution is -0.133. The number of carbonyl (C=O) groups excluding carboxylic acids is 2. The largest absolute Gasteiger partial charge is 0.331 e. The maximum atomic E-state index is 11.6. The highest BCUT2D eigenvalue weighted by molar-refractivity contribution is 6.43. The topological polar surface area (TPSA) is 86.9 Å². The third kappa shape index (κ3) is 2.94. The molecule has 6 heteroatoms. The number of H-pyrrole nitrogens is 1. The van der Waals surface area contributed by atoms with Crippen LogP contribution in [0.3, 0.4) is 0 Å². The number of imidazole rings is 1. The molecule has 6 nitrogen and oxygen atoms in total. The van der Waals surface area contributed by atoms with Crippen molar-refractivity contribution in [3.8, 4) is 0 Å². The number of hydrogen-bond donors (Lipinski definition) is 3. The molecule has 0 aliphatic rings. The molecule has 1 aromatic heterocycles. The first kappa shape index (κ1) is 11.8. The van der Waals surface area contributed by atoms with Crippen molar-refractivity contribution in [2.24, 2.45) is 0 Å². The van der Waals surface area contributed by atoms with Crippen LogP contribution in [0.2, 0.25) is 0 Å². The summed E-state index contributed by atoms with van der Waals surface area (Å²) in [6.07, 6.45) is 3.03. The Morgan fingerprint density at radius 2 is 1.78 bits per heavy atom. The summed E-state index contributed by atoms with van der Waals surface area (Å²) in [5.41, 5.74) is 1.65. The first-order chi connectivity index (χ1) is 8.65. The van der Waals surface area contributed by atoms with Crippen LogP contribution in [-0.4, -0.2) is 21.8 Å². The number of aryl methyl sites for hydroxylation is 1. The zero-order chi connectivity index (χ0) is 13.0. The van der Waals surface area contributed by atoms with E-state index in [1.54, 1.807) is 18.3 Å². The molecular weight excluding hydrogens is 232 g/mol. The zero-order valence-electron chi connectivity index (χ0n) is 9.73. The first-order valence-corrected chi connectivity index (χ1v) is 5.33. The Labute approximate surface area is 103 Å². The van der Waals surface area contributed by atoms with E-state index in [2.05, 4.69) is 20.6 Å². The summed E-state index contributed by atoms with van der Waals surface area (Å²) in [6.45, 7) is 1.94. The monoisotopic (exact) mass is 244 g/mol. The van der Waals surface area contributed by atoms with Crippen LogP contribution in [0.1, 0.15) is 5.56 Å². The van der Waals surface area contributed by atoms with E-state index in [9.17, 15) is 9.59 Å². The van der Waals surface area contributed by atoms with Crippen LogP contribution in [0.4, 0.5) is 11.6 Å². The Morgan fingerprint density at radius 3 is 2.39 bits per heavy atom. The van der Waals surface area contributed by atoms with Crippen LogP contribution in [0.5, 0.6) is 0 Å². The van der Waals surface area contributed by atoms with E-state index in [4.69, 9.17) is 0 Å². The Hall–Kier alpha value is -2.63. The number of nitrogens with one attached hydrogen (secondary N) is 3. The molecule has 92 valence electrons. The molecule has 2 rings (SSSR count). The summed E-state index contributed by atoms with van der Waals surface area (Å²) in [7, 11) is 0. The van der Waals surface area contributed by atoms with Crippen molar-refractivity contribution in [1.29, 1.82) is 0 Å². The van der Waals surface area contributed by atoms with Crippen molar-refractivity contribution >= 4 is 23.5 Å². The Morgan fingerprint density at radius 1 is 1.11 bits per heavy atom. The highest BCUT2D eigenvalue weighted by atomic mass is 16.2. The minimum Gasteiger partial charge on any atom is -0.331 e. The second-order valence-electron chi connectivity index (χ2n) is 3.71. The molecule has 0 fully saturated rings. The number of hydrogen-bond acceptors (Lipinski definition) is 3. The quantitative estimate of drug-likeness (QED) is 0.696. The Kier molecular flexibility index (Phi) is 3.38. The Bertz CT molecular complexity index is 546. The van der Waals surface area contributed by atoms with Crippen LogP contribution in [0.15, 0.2) is 36.7 Å². The molecule has 2 amide bonds. The first-order valence-electron chi connectivity index (χ1n) is 5.33. The van der Waals surface area contributed by atoms with Gasteiger partial charge in [0.05, 0.1) is 0 Å². The predicted molar refractivity (Wildman–Crippen MR) is 67.0 cm³/mol. The standard InChI is InChI=1S/C12H12N4O2/c1-8-2-4-9(5-3-8)15-10(17)11(18)16-12-13-6-7-14-12/h2-7H,1H3,(H,15,17)(H2,13,14,16,18). The molecule has 0 aliphatic carbocycles. The van der Waals surface area contributed by atoms with Gasteiger partial charge in [0.15, 0.2) is 0 Å². The van der Waals surface area contributed by atoms with E-state index in [1.165, 1.54) is 6.20 Å². The van der Waals surface area contributed by atoms with Gasteiger partial charge >= 0.3 is 11.8 Å². The fraction of sp³-hybridized carbons (Fsp3) is 0.0833. The van der Waals surface area contributed by atoms with Crippen molar-refractivity contribution in [2.45, 2.75) is 6.92 Å². The third-order valence-corrected chi connectivity index (χ3v) is 2.25. The predicted octanol–water partition coefficient (Wildman–Crippen LogP) is 1.30. The van der Waals surface area contributed by atoms with Gasteiger partial charge in [-0.2, -0.15) is 0 Å². The summed E-state index contributed by atoms with van der Waals surface area (Å²) in [5, 5.41) is 4.82. The summed E-state index contributed by atoms with van der Waals surface area (Å²) in [6, 6.07) is 7.15. The van der Waals surface area contributed by atoms with Crippen LogP contribution < -0.4 is 10.6 Å². The molecule has 2 aromatic rings. The summed E-state index contributed by atoms with van der Waals surface area (Å²) in [5.74, 6) is -1.28. The van der Waals surface area contributed by atoms with E-state index >= 15 is 0 Å². The van der Waals surface area contributed by atoms with Gasteiger partial charge in [-0.05, 0) is 19.1 Å². The number of aromatic amines is 1. The number of nitrogens with zero attached hydrogens (tertiary/aromatic N) is 1. The van der Waals surface area contributed by atoms with E-state index in [0.717, 1.165) is 5.56 Å². The van der Waals surface area contributed by atoms with Crippen molar-refractivity contribution in [3.63, 3.8) is 0 Å². The van der Waals surface area contributed by atoms with E-state index in [-0.39, 0.29) is 5.95 Å². The molecule has 0 aliphatic heterocycles. The molecule has 0 spiro atoms. The van der Waals surface area contributed by atoms with E-state index in [1.807, 2.05) is 19.1 Å². The minimum absolute atomic E-state index is 0.235. The van der Waals surface area contributed by atoms with Gasteiger partial charge in [-0.25, -0.2) is 4.98 Å². The highest BCUT2D eigenvalue weighted by Gasteiger charge is 2.14. The number of aromatic nitrogens is 2. The lowest BCUT2D eigenvalue weighted by Crippen LogP contribution is -2.29. The summed E-state index contributed by atoms with van der Waals surface area (Å²) >= 11 is 0. The molecule has 3 N–H and O–H groups in total. The van der Waals surface area contributed by atoms with Crippen molar-refractivity contribution in [2.75, 3.05) is 10.6 Å². The number of anilines is 2. The van der Waals surface area contributed by atoms with Crippen molar-refractivity contribution in [1.82, 2.24) is 9.97 Å². The van der Waals surface area contributed by atoms with Crippen LogP contribution in [0.25, 0.3) is 0 Å². The maximum absolute atomic E-state index is 11.6. The lowest BCUT2D eigenvalue weighted by Gasteiger charge is -2.04. The molecule has 0 bridgehead atoms. The van der Waals surface area contributed by atoms with Gasteiger partial charge in [-0.1, -0.05) is 17.7 Å². The normalized spacial score (nSPS) is 9.83. The molecule has 0 atom stereocenters. The molecule has 0 radical (unpaired) electrons. The second-order valence-corrected chi connectivity index (χ2v) is 3.71. The van der Waals surface area contributed by atoms with Gasteiger partial charge in [0.1, 0.15) is 0 Å². The molecule has 0 unspecified atom stereocenters. The number of amides is 2. The van der Waals surface area contributed by atoms with Crippen molar-refractivity contribution < 1.29 is 9.59 Å². The molecule has 1 aromatic carbocycles. The second kappa shape index (κ2) is 5.13. The maximum Gasteiger partial charge on any atom is 0.316 e. The SMILES string of the molecule is Cc1ccc(NC(=O)C(=O)Nc2ncc[nH]2)cc1. The molecule has 1 heterocycles. The third-order valence-electron chi connectivity index (χ3n) is 2.25. The Balaban J connectivity index is 1.95. The average Bonchev–Trinajstić information content (AvgIpc) is 2.85. The van der Waals surface area contributed by atoms with E-state index in [0.29, 0.717) is 5.69 Å². The molecule has 0 saturated heterocycles. The van der Waals surface area contributed by atoms with Crippen LogP contribution in [-0.2, 0) is 9.59 Å². The smallest absolute Gasteiger partial charge is 0.316 e. The minimum atomic E-state index is -0.773. The molecule has 18 heavy (non-hydrogen) atoms. The van der Waals surface area contributed by atoms with Crippen LogP contribution >= 0.6 is 0 Å². The molecule has 0 saturated carbocycles. The van der Waals surface area contributed by atoms with Gasteiger partial charge in [0, 0.05) is 18.1 Å². The van der Waals surface area contributed by atoms with Gasteiger partial charge in [0.2, 0.25) is 5.95 Å². The summed E-state index contributed by atoms with van der Waals surface area (Å²) < 4.78 is 0. The fourth-order valence-corrected chi connectivity index (χ4v) is 1.32. The number of rotatable bonds is 2. The van der Waals surface area contributed by atoms with E-state index < -0.39 is 11.8 Å². The number of carbonyl (C=O) groups is 2. The van der Waals surface area contributed by atoms with Gasteiger partial charge in [0.25, 0.3) is 0 Å². The number of benzene rings is 1. The average molecular weight is 244 g/mol. The molecular formula is C12H12N4O2. The highest BCUT2D eigenvalue weighted by Crippen LogP contribution is 2.08. The fourth-order valence-electron chi connectivity index (χ4n) is 1.32. The summed E-state index contributed by atoms with van der Waals surface area (Å²) in [4.78, 5) is 29.5. The van der Waals surface area contributed by atoms with Gasteiger partial charge < -0.3 is 10.3 Å². The van der Waals surface area contributed by atoms with Crippen LogP contribution in [0, 0.1) is 6.92 Å².